The van der Waals surface area contributed by atoms with Crippen molar-refractivity contribution < 1.29 is 63.9 Å². The number of ether oxygens (including phenoxy) is 6. The highest BCUT2D eigenvalue weighted by Crippen LogP contribution is 2.33. The zero-order chi connectivity index (χ0) is 32.0. The lowest BCUT2D eigenvalue weighted by molar-refractivity contribution is -0.347. The number of rotatable bonds is 11. The summed E-state index contributed by atoms with van der Waals surface area (Å²) in [6.07, 6.45) is -11.9. The number of carboxylic acid groups (broad SMARTS) is 1. The zero-order valence-corrected chi connectivity index (χ0v) is 25.5. The smallest absolute Gasteiger partial charge is 0.333 e. The van der Waals surface area contributed by atoms with Gasteiger partial charge in [-0.25, -0.2) is 4.79 Å². The fourth-order valence-electron chi connectivity index (χ4n) is 6.04. The summed E-state index contributed by atoms with van der Waals surface area (Å²) in [5.41, 5.74) is 1.72. The Morgan fingerprint density at radius 1 is 0.909 bits per heavy atom. The normalized spacial score (nSPS) is 37.8. The molecular formula is C31H48O13. The molecule has 6 N–H and O–H groups in total. The van der Waals surface area contributed by atoms with Gasteiger partial charge in [0, 0.05) is 6.42 Å². The van der Waals surface area contributed by atoms with Crippen LogP contribution in [0.1, 0.15) is 57.6 Å². The molecule has 2 saturated heterocycles. The minimum absolute atomic E-state index is 0.0746. The summed E-state index contributed by atoms with van der Waals surface area (Å²) in [4.78, 5) is 12.3. The molecule has 0 bridgehead atoms. The van der Waals surface area contributed by atoms with Crippen molar-refractivity contribution in [3.63, 3.8) is 0 Å². The van der Waals surface area contributed by atoms with Crippen LogP contribution in [0.2, 0.25) is 0 Å². The van der Waals surface area contributed by atoms with Crippen LogP contribution in [0, 0.1) is 0 Å². The minimum Gasteiger partial charge on any atom is -0.479 e. The zero-order valence-electron chi connectivity index (χ0n) is 25.5. The highest BCUT2D eigenvalue weighted by atomic mass is 16.7. The van der Waals surface area contributed by atoms with E-state index in [4.69, 9.17) is 28.4 Å². The maximum Gasteiger partial charge on any atom is 0.333 e. The van der Waals surface area contributed by atoms with Crippen molar-refractivity contribution in [1.82, 2.24) is 0 Å². The third kappa shape index (κ3) is 8.15. The van der Waals surface area contributed by atoms with Crippen LogP contribution in [0.5, 0.6) is 0 Å². The average Bonchev–Trinajstić information content (AvgIpc) is 3.01. The first-order chi connectivity index (χ1) is 21.1. The molecule has 3 aliphatic rings. The number of hydrogen-bond donors (Lipinski definition) is 6. The van der Waals surface area contributed by atoms with Gasteiger partial charge in [-0.15, -0.1) is 0 Å². The number of unbranched alkanes of at least 4 members (excludes halogenated alkanes) is 1. The van der Waals surface area contributed by atoms with Crippen LogP contribution in [0.3, 0.4) is 0 Å². The summed E-state index contributed by atoms with van der Waals surface area (Å²) < 4.78 is 36.7. The topological polar surface area (TPSA) is 194 Å². The Morgan fingerprint density at radius 3 is 2.27 bits per heavy atom. The molecule has 2 fully saturated rings. The average molecular weight is 629 g/mol. The van der Waals surface area contributed by atoms with Crippen molar-refractivity contribution in [2.45, 2.75) is 139 Å². The van der Waals surface area contributed by atoms with E-state index in [1.807, 2.05) is 38.1 Å². The number of benzene rings is 1. The SMILES string of the molecule is CCCC[C@@H](O[C@@H]1OC(CO)[C@H](O)C2O[C@@H](C(=O)O)Cc3ccccc3CCOC21)[C@@H](CC)O[C@@H]1OC(C)[C@@H](O)C(O)[C@@H]1O. The van der Waals surface area contributed by atoms with E-state index in [1.54, 1.807) is 6.92 Å². The fraction of sp³-hybridized carbons (Fsp3) is 0.774. The van der Waals surface area contributed by atoms with Gasteiger partial charge in [-0.3, -0.25) is 0 Å². The standard InChI is InChI=1S/C31H48O13/c1-4-6-11-20(19(5-2)42-30-26(36)25(35)23(33)16(3)40-30)43-31-28-27(24(34)22(15-32)44-31)41-21(29(37)38)14-18-10-8-7-9-17(18)12-13-39-28/h7-10,16,19-28,30-36H,4-6,11-15H2,1-3H3,(H,37,38)/t16?,19-,20-,21-,22?,23-,24+,25?,26+,27?,28?,30+,31-/m1/s1. The predicted octanol–water partition coefficient (Wildman–Crippen LogP) is 0.285. The molecule has 5 unspecified atom stereocenters. The number of aliphatic carboxylic acids is 1. The second-order valence-electron chi connectivity index (χ2n) is 11.8. The molecule has 44 heavy (non-hydrogen) atoms. The van der Waals surface area contributed by atoms with E-state index in [0.29, 0.717) is 19.3 Å². The first-order valence-electron chi connectivity index (χ1n) is 15.6. The first-order valence-corrected chi connectivity index (χ1v) is 15.6. The van der Waals surface area contributed by atoms with Gasteiger partial charge in [-0.1, -0.05) is 51.0 Å². The molecule has 3 heterocycles. The molecule has 0 radical (unpaired) electrons. The van der Waals surface area contributed by atoms with Crippen LogP contribution in [-0.2, 0) is 46.1 Å². The summed E-state index contributed by atoms with van der Waals surface area (Å²) in [7, 11) is 0. The highest BCUT2D eigenvalue weighted by Gasteiger charge is 2.50. The molecule has 4 rings (SSSR count). The van der Waals surface area contributed by atoms with Crippen molar-refractivity contribution >= 4 is 5.97 Å². The Hall–Kier alpha value is -1.75. The monoisotopic (exact) mass is 628 g/mol. The maximum absolute atomic E-state index is 12.3. The lowest BCUT2D eigenvalue weighted by atomic mass is 9.95. The van der Waals surface area contributed by atoms with Gasteiger partial charge in [0.25, 0.3) is 0 Å². The molecule has 13 atom stereocenters. The lowest BCUT2D eigenvalue weighted by Crippen LogP contribution is -2.63. The van der Waals surface area contributed by atoms with E-state index >= 15 is 0 Å². The van der Waals surface area contributed by atoms with Gasteiger partial charge in [0.2, 0.25) is 0 Å². The molecule has 0 spiro atoms. The van der Waals surface area contributed by atoms with Gasteiger partial charge < -0.3 is 59.1 Å². The Bertz CT molecular complexity index is 1040. The molecule has 1 aromatic rings. The van der Waals surface area contributed by atoms with Gasteiger partial charge in [0.1, 0.15) is 42.7 Å². The Morgan fingerprint density at radius 2 is 1.61 bits per heavy atom. The van der Waals surface area contributed by atoms with Gasteiger partial charge in [0.15, 0.2) is 18.7 Å². The van der Waals surface area contributed by atoms with E-state index in [9.17, 15) is 35.4 Å². The second-order valence-corrected chi connectivity index (χ2v) is 11.8. The number of aliphatic hydroxyl groups is 5. The molecule has 0 amide bonds. The number of carbonyl (C=O) groups is 1. The molecule has 250 valence electrons. The molecule has 3 aliphatic heterocycles. The van der Waals surface area contributed by atoms with Crippen molar-refractivity contribution in [3.05, 3.63) is 35.4 Å². The fourth-order valence-corrected chi connectivity index (χ4v) is 6.04. The van der Waals surface area contributed by atoms with Crippen LogP contribution in [0.4, 0.5) is 0 Å². The Balaban J connectivity index is 1.61. The van der Waals surface area contributed by atoms with E-state index < -0.39 is 92.3 Å². The quantitative estimate of drug-likeness (QED) is 0.196. The van der Waals surface area contributed by atoms with Crippen molar-refractivity contribution in [1.29, 1.82) is 0 Å². The van der Waals surface area contributed by atoms with Gasteiger partial charge in [-0.05, 0) is 37.3 Å². The number of aliphatic hydroxyl groups excluding tert-OH is 5. The summed E-state index contributed by atoms with van der Waals surface area (Å²) in [6, 6.07) is 7.44. The summed E-state index contributed by atoms with van der Waals surface area (Å²) in [5, 5.41) is 62.3. The van der Waals surface area contributed by atoms with Crippen LogP contribution < -0.4 is 0 Å². The number of carboxylic acids is 1. The largest absolute Gasteiger partial charge is 0.479 e. The van der Waals surface area contributed by atoms with Crippen molar-refractivity contribution in [3.8, 4) is 0 Å². The van der Waals surface area contributed by atoms with Crippen molar-refractivity contribution in [2.24, 2.45) is 0 Å². The lowest BCUT2D eigenvalue weighted by Gasteiger charge is -2.46. The van der Waals surface area contributed by atoms with Crippen LogP contribution >= 0.6 is 0 Å². The molecule has 0 aromatic heterocycles. The Kier molecular flexibility index (Phi) is 12.9. The third-order valence-corrected chi connectivity index (χ3v) is 8.69. The van der Waals surface area contributed by atoms with E-state index in [2.05, 4.69) is 0 Å². The van der Waals surface area contributed by atoms with E-state index in [0.717, 1.165) is 24.0 Å². The molecular weight excluding hydrogens is 580 g/mol. The highest BCUT2D eigenvalue weighted by molar-refractivity contribution is 5.73. The van der Waals surface area contributed by atoms with Gasteiger partial charge in [0.05, 0.1) is 31.5 Å². The predicted molar refractivity (Wildman–Crippen MR) is 154 cm³/mol. The summed E-state index contributed by atoms with van der Waals surface area (Å²) >= 11 is 0. The van der Waals surface area contributed by atoms with Crippen molar-refractivity contribution in [2.75, 3.05) is 13.2 Å². The molecule has 0 aliphatic carbocycles. The molecule has 0 saturated carbocycles. The molecule has 13 nitrogen and oxygen atoms in total. The van der Waals surface area contributed by atoms with Gasteiger partial charge in [-0.2, -0.15) is 0 Å². The van der Waals surface area contributed by atoms with Crippen LogP contribution in [0.25, 0.3) is 0 Å². The second kappa shape index (κ2) is 16.2. The maximum atomic E-state index is 12.3. The van der Waals surface area contributed by atoms with E-state index in [1.165, 1.54) is 0 Å². The number of hydrogen-bond acceptors (Lipinski definition) is 12. The third-order valence-electron chi connectivity index (χ3n) is 8.69. The minimum atomic E-state index is -1.50. The Labute approximate surface area is 257 Å². The van der Waals surface area contributed by atoms with E-state index in [-0.39, 0.29) is 13.0 Å². The summed E-state index contributed by atoms with van der Waals surface area (Å²) in [5.74, 6) is -1.20. The molecule has 1 aromatic carbocycles. The van der Waals surface area contributed by atoms with Crippen LogP contribution in [0.15, 0.2) is 24.3 Å². The first kappa shape index (κ1) is 35.1. The van der Waals surface area contributed by atoms with Crippen LogP contribution in [-0.4, -0.2) is 130 Å². The summed E-state index contributed by atoms with van der Waals surface area (Å²) in [6.45, 7) is 5.06. The van der Waals surface area contributed by atoms with Gasteiger partial charge >= 0.3 is 5.97 Å². The number of fused-ring (bicyclic) bond motifs is 2. The molecule has 13 heteroatoms.